The smallest absolute Gasteiger partial charge is 0.226 e. The molecule has 0 aliphatic carbocycles. The van der Waals surface area contributed by atoms with E-state index in [0.717, 1.165) is 35.8 Å². The highest BCUT2D eigenvalue weighted by molar-refractivity contribution is 5.79. The Kier molecular flexibility index (Phi) is 6.69. The molecule has 0 saturated carbocycles. The van der Waals surface area contributed by atoms with Gasteiger partial charge in [-0.2, -0.15) is 5.10 Å². The fourth-order valence-electron chi connectivity index (χ4n) is 3.38. The average Bonchev–Trinajstić information content (AvgIpc) is 3.32. The van der Waals surface area contributed by atoms with Crippen LogP contribution in [0.5, 0.6) is 0 Å². The highest BCUT2D eigenvalue weighted by Gasteiger charge is 2.14. The molecule has 0 fully saturated rings. The number of guanidine groups is 1. The third-order valence-corrected chi connectivity index (χ3v) is 4.97. The minimum atomic E-state index is 0.531. The molecule has 0 amide bonds. The van der Waals surface area contributed by atoms with Gasteiger partial charge in [0.05, 0.1) is 17.9 Å². The zero-order chi connectivity index (χ0) is 20.8. The van der Waals surface area contributed by atoms with Crippen molar-refractivity contribution in [3.63, 3.8) is 0 Å². The largest absolute Gasteiger partial charge is 0.444 e. The lowest BCUT2D eigenvalue weighted by Gasteiger charge is -2.12. The van der Waals surface area contributed by atoms with Gasteiger partial charge >= 0.3 is 0 Å². The molecule has 7 heteroatoms. The van der Waals surface area contributed by atoms with Crippen molar-refractivity contribution in [2.75, 3.05) is 7.05 Å². The maximum Gasteiger partial charge on any atom is 0.226 e. The lowest BCUT2D eigenvalue weighted by atomic mass is 10.1. The monoisotopic (exact) mass is 394 g/mol. The Morgan fingerprint density at radius 3 is 2.48 bits per heavy atom. The number of aromatic nitrogens is 3. The SMILES string of the molecule is CCc1nn(C)c(CC)c1CNC(=NC)NCc1coc(-c2ccc(C)cc2)n1. The third-order valence-electron chi connectivity index (χ3n) is 4.97. The van der Waals surface area contributed by atoms with Gasteiger partial charge in [-0.05, 0) is 31.9 Å². The number of aryl methyl sites for hydroxylation is 3. The van der Waals surface area contributed by atoms with E-state index in [1.54, 1.807) is 13.3 Å². The van der Waals surface area contributed by atoms with Crippen LogP contribution < -0.4 is 10.6 Å². The second kappa shape index (κ2) is 9.41. The first kappa shape index (κ1) is 20.6. The quantitative estimate of drug-likeness (QED) is 0.474. The molecule has 0 aliphatic heterocycles. The van der Waals surface area contributed by atoms with E-state index in [1.165, 1.54) is 16.8 Å². The first-order chi connectivity index (χ1) is 14.0. The van der Waals surface area contributed by atoms with Gasteiger partial charge in [-0.1, -0.05) is 31.5 Å². The molecule has 0 spiro atoms. The summed E-state index contributed by atoms with van der Waals surface area (Å²) in [6.07, 6.45) is 3.55. The molecule has 29 heavy (non-hydrogen) atoms. The molecule has 0 unspecified atom stereocenters. The van der Waals surface area contributed by atoms with Crippen LogP contribution in [0.3, 0.4) is 0 Å². The summed E-state index contributed by atoms with van der Waals surface area (Å²) in [6, 6.07) is 8.14. The van der Waals surface area contributed by atoms with Gasteiger partial charge in [0.1, 0.15) is 6.26 Å². The Labute approximate surface area is 172 Å². The van der Waals surface area contributed by atoms with Crippen molar-refractivity contribution in [3.8, 4) is 11.5 Å². The molecule has 154 valence electrons. The van der Waals surface area contributed by atoms with Crippen molar-refractivity contribution in [1.29, 1.82) is 0 Å². The van der Waals surface area contributed by atoms with Crippen molar-refractivity contribution < 1.29 is 4.42 Å². The summed E-state index contributed by atoms with van der Waals surface area (Å²) in [5, 5.41) is 11.3. The van der Waals surface area contributed by atoms with E-state index in [4.69, 9.17) is 4.42 Å². The highest BCUT2D eigenvalue weighted by Crippen LogP contribution is 2.19. The van der Waals surface area contributed by atoms with Crippen LogP contribution in [0, 0.1) is 6.92 Å². The zero-order valence-electron chi connectivity index (χ0n) is 17.9. The fraction of sp³-hybridized carbons (Fsp3) is 0.409. The van der Waals surface area contributed by atoms with Crippen molar-refractivity contribution in [1.82, 2.24) is 25.4 Å². The third kappa shape index (κ3) is 4.85. The second-order valence-corrected chi connectivity index (χ2v) is 6.99. The molecule has 1 aromatic carbocycles. The number of nitrogens with one attached hydrogen (secondary N) is 2. The van der Waals surface area contributed by atoms with Gasteiger partial charge in [0.2, 0.25) is 5.89 Å². The lowest BCUT2D eigenvalue weighted by molar-refractivity contribution is 0.572. The predicted molar refractivity (Wildman–Crippen MR) is 116 cm³/mol. The Morgan fingerprint density at radius 2 is 1.83 bits per heavy atom. The Hall–Kier alpha value is -3.09. The number of nitrogens with zero attached hydrogens (tertiary/aromatic N) is 4. The zero-order valence-corrected chi connectivity index (χ0v) is 17.9. The summed E-state index contributed by atoms with van der Waals surface area (Å²) < 4.78 is 7.61. The number of rotatable bonds is 7. The van der Waals surface area contributed by atoms with Crippen LogP contribution in [0.25, 0.3) is 11.5 Å². The first-order valence-electron chi connectivity index (χ1n) is 10.0. The van der Waals surface area contributed by atoms with Crippen molar-refractivity contribution >= 4 is 5.96 Å². The van der Waals surface area contributed by atoms with Crippen LogP contribution in [-0.4, -0.2) is 27.8 Å². The summed E-state index contributed by atoms with van der Waals surface area (Å²) >= 11 is 0. The average molecular weight is 395 g/mol. The Morgan fingerprint density at radius 1 is 1.10 bits per heavy atom. The number of hydrogen-bond acceptors (Lipinski definition) is 4. The first-order valence-corrected chi connectivity index (χ1v) is 10.0. The van der Waals surface area contributed by atoms with E-state index < -0.39 is 0 Å². The molecular weight excluding hydrogens is 364 g/mol. The van der Waals surface area contributed by atoms with Gasteiger partial charge in [0, 0.05) is 37.5 Å². The number of oxazole rings is 1. The molecule has 0 aliphatic rings. The van der Waals surface area contributed by atoms with Gasteiger partial charge in [-0.15, -0.1) is 0 Å². The summed E-state index contributed by atoms with van der Waals surface area (Å²) in [4.78, 5) is 8.89. The van der Waals surface area contributed by atoms with Crippen LogP contribution in [0.4, 0.5) is 0 Å². The molecule has 3 aromatic rings. The maximum absolute atomic E-state index is 5.63. The van der Waals surface area contributed by atoms with Crippen LogP contribution in [0.1, 0.15) is 42.1 Å². The van der Waals surface area contributed by atoms with E-state index in [0.29, 0.717) is 19.0 Å². The van der Waals surface area contributed by atoms with Gasteiger partial charge in [-0.3, -0.25) is 9.67 Å². The standard InChI is InChI=1S/C22H30N6O/c1-6-19-18(20(7-2)28(5)27-19)13-25-22(23-4)24-12-17-14-29-21(26-17)16-10-8-15(3)9-11-16/h8-11,14H,6-7,12-13H2,1-5H3,(H2,23,24,25). The molecule has 0 bridgehead atoms. The summed E-state index contributed by atoms with van der Waals surface area (Å²) in [5.74, 6) is 1.35. The highest BCUT2D eigenvalue weighted by atomic mass is 16.3. The summed E-state index contributed by atoms with van der Waals surface area (Å²) in [6.45, 7) is 7.57. The molecule has 3 rings (SSSR count). The van der Waals surface area contributed by atoms with E-state index in [1.807, 2.05) is 23.9 Å². The van der Waals surface area contributed by atoms with Gasteiger partial charge in [0.15, 0.2) is 5.96 Å². The Bertz CT molecular complexity index is 968. The summed E-state index contributed by atoms with van der Waals surface area (Å²) in [7, 11) is 3.77. The van der Waals surface area contributed by atoms with Gasteiger partial charge < -0.3 is 15.1 Å². The number of hydrogen-bond donors (Lipinski definition) is 2. The van der Waals surface area contributed by atoms with Crippen molar-refractivity contribution in [2.24, 2.45) is 12.0 Å². The molecule has 0 saturated heterocycles. The van der Waals surface area contributed by atoms with E-state index >= 15 is 0 Å². The Balaban J connectivity index is 1.60. The van der Waals surface area contributed by atoms with Crippen LogP contribution in [0.2, 0.25) is 0 Å². The minimum absolute atomic E-state index is 0.531. The molecule has 2 N–H and O–H groups in total. The maximum atomic E-state index is 5.63. The van der Waals surface area contributed by atoms with E-state index in [9.17, 15) is 0 Å². The fourth-order valence-corrected chi connectivity index (χ4v) is 3.38. The van der Waals surface area contributed by atoms with Crippen molar-refractivity contribution in [2.45, 2.75) is 46.7 Å². The van der Waals surface area contributed by atoms with Gasteiger partial charge in [-0.25, -0.2) is 4.98 Å². The molecule has 0 atom stereocenters. The van der Waals surface area contributed by atoms with E-state index in [2.05, 4.69) is 58.6 Å². The molecule has 2 heterocycles. The second-order valence-electron chi connectivity index (χ2n) is 6.99. The summed E-state index contributed by atoms with van der Waals surface area (Å²) in [5.41, 5.74) is 6.65. The molecule has 0 radical (unpaired) electrons. The topological polar surface area (TPSA) is 80.3 Å². The van der Waals surface area contributed by atoms with Crippen LogP contribution in [-0.2, 0) is 33.0 Å². The normalized spacial score (nSPS) is 11.7. The van der Waals surface area contributed by atoms with Crippen LogP contribution in [0.15, 0.2) is 39.9 Å². The van der Waals surface area contributed by atoms with Gasteiger partial charge in [0.25, 0.3) is 0 Å². The lowest BCUT2D eigenvalue weighted by Crippen LogP contribution is -2.36. The van der Waals surface area contributed by atoms with E-state index in [-0.39, 0.29) is 0 Å². The molecule has 7 nitrogen and oxygen atoms in total. The predicted octanol–water partition coefficient (Wildman–Crippen LogP) is 3.37. The minimum Gasteiger partial charge on any atom is -0.444 e. The molecule has 2 aromatic heterocycles. The van der Waals surface area contributed by atoms with Crippen molar-refractivity contribution in [3.05, 3.63) is 58.7 Å². The molecular formula is C22H30N6O. The number of aliphatic imine (C=N–C) groups is 1. The van der Waals surface area contributed by atoms with Crippen LogP contribution >= 0.6 is 0 Å². The number of benzene rings is 1.